The normalized spacial score (nSPS) is 10.3. The predicted molar refractivity (Wildman–Crippen MR) is 107 cm³/mol. The summed E-state index contributed by atoms with van der Waals surface area (Å²) in [4.78, 5) is 17.6. The number of rotatable bonds is 5. The van der Waals surface area contributed by atoms with Gasteiger partial charge >= 0.3 is 5.69 Å². The fraction of sp³-hybridized carbons (Fsp3) is 0.375. The molecular formula is C16H22Cl2N6O2. The Labute approximate surface area is 162 Å². The molecule has 2 aromatic heterocycles. The maximum absolute atomic E-state index is 10.6. The summed E-state index contributed by atoms with van der Waals surface area (Å²) in [6.07, 6.45) is 2.69. The van der Waals surface area contributed by atoms with Crippen molar-refractivity contribution in [3.05, 3.63) is 44.9 Å². The molecule has 0 atom stereocenters. The lowest BCUT2D eigenvalue weighted by atomic mass is 10.3. The van der Waals surface area contributed by atoms with Crippen molar-refractivity contribution in [2.45, 2.75) is 39.8 Å². The predicted octanol–water partition coefficient (Wildman–Crippen LogP) is 4.60. The summed E-state index contributed by atoms with van der Waals surface area (Å²) >= 11 is 11.3. The second-order valence-electron chi connectivity index (χ2n) is 5.97. The molecule has 8 nitrogen and oxygen atoms in total. The number of hydrogen-bond donors (Lipinski definition) is 3. The fourth-order valence-electron chi connectivity index (χ4n) is 1.87. The summed E-state index contributed by atoms with van der Waals surface area (Å²) in [5.41, 5.74) is 7.44. The van der Waals surface area contributed by atoms with Crippen LogP contribution in [0.4, 0.5) is 22.7 Å². The monoisotopic (exact) mass is 400 g/mol. The van der Waals surface area contributed by atoms with Crippen molar-refractivity contribution in [2.24, 2.45) is 0 Å². The van der Waals surface area contributed by atoms with Crippen molar-refractivity contribution < 1.29 is 4.92 Å². The molecule has 0 saturated carbocycles. The highest BCUT2D eigenvalue weighted by Crippen LogP contribution is 2.26. The number of anilines is 3. The molecule has 2 rings (SSSR count). The van der Waals surface area contributed by atoms with Gasteiger partial charge in [0.15, 0.2) is 0 Å². The van der Waals surface area contributed by atoms with Crippen LogP contribution in [-0.4, -0.2) is 27.0 Å². The van der Waals surface area contributed by atoms with Crippen molar-refractivity contribution in [1.29, 1.82) is 0 Å². The van der Waals surface area contributed by atoms with E-state index in [-0.39, 0.29) is 16.9 Å². The molecule has 0 saturated heterocycles. The van der Waals surface area contributed by atoms with E-state index < -0.39 is 4.92 Å². The highest BCUT2D eigenvalue weighted by Gasteiger charge is 2.15. The molecule has 0 aliphatic rings. The minimum atomic E-state index is -0.492. The van der Waals surface area contributed by atoms with Gasteiger partial charge in [0.2, 0.25) is 0 Å². The number of nitrogen functional groups attached to an aromatic ring is 1. The number of pyridine rings is 2. The average molecular weight is 401 g/mol. The summed E-state index contributed by atoms with van der Waals surface area (Å²) in [5.74, 6) is 0. The zero-order chi connectivity index (χ0) is 19.9. The van der Waals surface area contributed by atoms with Crippen LogP contribution in [0, 0.1) is 10.1 Å². The zero-order valence-corrected chi connectivity index (χ0v) is 16.5. The largest absolute Gasteiger partial charge is 0.396 e. The maximum atomic E-state index is 10.6. The Balaban J connectivity index is 0.000000263. The van der Waals surface area contributed by atoms with Gasteiger partial charge in [-0.2, -0.15) is 0 Å². The van der Waals surface area contributed by atoms with Crippen LogP contribution in [0.2, 0.25) is 10.3 Å². The molecule has 10 heteroatoms. The van der Waals surface area contributed by atoms with Crippen molar-refractivity contribution in [3.8, 4) is 0 Å². The summed E-state index contributed by atoms with van der Waals surface area (Å²) in [5, 5.41) is 17.4. The van der Waals surface area contributed by atoms with Crippen molar-refractivity contribution in [1.82, 2.24) is 9.97 Å². The highest BCUT2D eigenvalue weighted by molar-refractivity contribution is 6.30. The second kappa shape index (κ2) is 9.98. The van der Waals surface area contributed by atoms with Gasteiger partial charge < -0.3 is 16.4 Å². The first-order valence-corrected chi connectivity index (χ1v) is 8.59. The van der Waals surface area contributed by atoms with E-state index in [0.717, 1.165) is 11.9 Å². The maximum Gasteiger partial charge on any atom is 0.310 e. The molecule has 0 bridgehead atoms. The third kappa shape index (κ3) is 7.28. The van der Waals surface area contributed by atoms with Gasteiger partial charge in [-0.05, 0) is 27.7 Å². The lowest BCUT2D eigenvalue weighted by Crippen LogP contribution is -2.11. The topological polar surface area (TPSA) is 119 Å². The van der Waals surface area contributed by atoms with E-state index in [0.29, 0.717) is 22.6 Å². The van der Waals surface area contributed by atoms with E-state index in [1.807, 2.05) is 27.7 Å². The summed E-state index contributed by atoms with van der Waals surface area (Å²) in [6, 6.07) is 3.61. The molecule has 2 heterocycles. The molecule has 0 unspecified atom stereocenters. The van der Waals surface area contributed by atoms with Gasteiger partial charge in [0.1, 0.15) is 22.2 Å². The Morgan fingerprint density at radius 2 is 1.46 bits per heavy atom. The summed E-state index contributed by atoms with van der Waals surface area (Å²) in [6.45, 7) is 7.84. The molecule has 0 radical (unpaired) electrons. The Morgan fingerprint density at radius 3 is 1.96 bits per heavy atom. The molecule has 0 spiro atoms. The Hall–Kier alpha value is -2.32. The minimum absolute atomic E-state index is 0.0666. The van der Waals surface area contributed by atoms with Gasteiger partial charge in [0, 0.05) is 24.2 Å². The van der Waals surface area contributed by atoms with Crippen molar-refractivity contribution in [2.75, 3.05) is 16.4 Å². The van der Waals surface area contributed by atoms with Gasteiger partial charge in [0.25, 0.3) is 0 Å². The van der Waals surface area contributed by atoms with E-state index in [9.17, 15) is 10.1 Å². The number of halogens is 2. The third-order valence-corrected chi connectivity index (χ3v) is 3.25. The molecular weight excluding hydrogens is 379 g/mol. The zero-order valence-electron chi connectivity index (χ0n) is 15.0. The molecule has 0 fully saturated rings. The lowest BCUT2D eigenvalue weighted by molar-refractivity contribution is -0.384. The van der Waals surface area contributed by atoms with Crippen molar-refractivity contribution >= 4 is 46.0 Å². The first-order valence-electron chi connectivity index (χ1n) is 7.84. The molecule has 0 aliphatic heterocycles. The summed E-state index contributed by atoms with van der Waals surface area (Å²) < 4.78 is 0. The third-order valence-electron chi connectivity index (χ3n) is 2.84. The number of aromatic nitrogens is 2. The quantitative estimate of drug-likeness (QED) is 0.380. The van der Waals surface area contributed by atoms with E-state index in [1.54, 1.807) is 12.3 Å². The first kappa shape index (κ1) is 21.7. The van der Waals surface area contributed by atoms with Crippen LogP contribution >= 0.6 is 23.2 Å². The number of nitro groups is 1. The summed E-state index contributed by atoms with van der Waals surface area (Å²) in [7, 11) is 0. The van der Waals surface area contributed by atoms with Crippen LogP contribution in [0.25, 0.3) is 0 Å². The van der Waals surface area contributed by atoms with Gasteiger partial charge in [-0.15, -0.1) is 0 Å². The molecule has 2 aromatic rings. The lowest BCUT2D eigenvalue weighted by Gasteiger charge is -2.11. The minimum Gasteiger partial charge on any atom is -0.396 e. The standard InChI is InChI=1S/C8H10ClN3O2.C8H12ClN3/c1-5(2)11-6-3-8(9)10-4-7(6)12(13)14;1-5(2)12-7-3-8(9)11-4-6(7)10/h3-5H,1-2H3,(H,10,11);3-5H,10H2,1-2H3,(H,11,12). The molecule has 142 valence electrons. The van der Waals surface area contributed by atoms with Gasteiger partial charge in [-0.25, -0.2) is 9.97 Å². The Morgan fingerprint density at radius 1 is 1.00 bits per heavy atom. The smallest absolute Gasteiger partial charge is 0.310 e. The van der Waals surface area contributed by atoms with Gasteiger partial charge in [-0.1, -0.05) is 23.2 Å². The fourth-order valence-corrected chi connectivity index (χ4v) is 2.19. The molecule has 4 N–H and O–H groups in total. The van der Waals surface area contributed by atoms with Crippen LogP contribution in [0.15, 0.2) is 24.5 Å². The van der Waals surface area contributed by atoms with E-state index in [1.165, 1.54) is 6.07 Å². The van der Waals surface area contributed by atoms with Crippen LogP contribution < -0.4 is 16.4 Å². The number of nitrogens with one attached hydrogen (secondary N) is 2. The van der Waals surface area contributed by atoms with Gasteiger partial charge in [-0.3, -0.25) is 10.1 Å². The molecule has 0 aromatic carbocycles. The molecule has 0 amide bonds. The molecule has 26 heavy (non-hydrogen) atoms. The Kier molecular flexibility index (Phi) is 8.34. The average Bonchev–Trinajstić information content (AvgIpc) is 2.50. The highest BCUT2D eigenvalue weighted by atomic mass is 35.5. The second-order valence-corrected chi connectivity index (χ2v) is 6.75. The van der Waals surface area contributed by atoms with E-state index in [4.69, 9.17) is 28.9 Å². The number of nitrogens with zero attached hydrogens (tertiary/aromatic N) is 3. The van der Waals surface area contributed by atoms with Crippen LogP contribution in [0.3, 0.4) is 0 Å². The number of nitrogens with two attached hydrogens (primary N) is 1. The number of hydrogen-bond acceptors (Lipinski definition) is 7. The van der Waals surface area contributed by atoms with E-state index in [2.05, 4.69) is 20.6 Å². The SMILES string of the molecule is CC(C)Nc1cc(Cl)ncc1N.CC(C)Nc1cc(Cl)ncc1[N+](=O)[O-]. The Bertz CT molecular complexity index is 756. The molecule has 0 aliphatic carbocycles. The van der Waals surface area contributed by atoms with Crippen LogP contribution in [0.5, 0.6) is 0 Å². The van der Waals surface area contributed by atoms with Crippen molar-refractivity contribution in [3.63, 3.8) is 0 Å². The van der Waals surface area contributed by atoms with Crippen LogP contribution in [0.1, 0.15) is 27.7 Å². The first-order chi connectivity index (χ1) is 12.1. The van der Waals surface area contributed by atoms with E-state index >= 15 is 0 Å². The van der Waals surface area contributed by atoms with Gasteiger partial charge in [0.05, 0.1) is 22.5 Å². The van der Waals surface area contributed by atoms with Crippen LogP contribution in [-0.2, 0) is 0 Å².